The Labute approximate surface area is 99.8 Å². The van der Waals surface area contributed by atoms with Crippen molar-refractivity contribution in [3.8, 4) is 5.75 Å². The van der Waals surface area contributed by atoms with Crippen LogP contribution in [0.3, 0.4) is 0 Å². The summed E-state index contributed by atoms with van der Waals surface area (Å²) in [7, 11) is 0. The lowest BCUT2D eigenvalue weighted by atomic mass is 9.95. The first kappa shape index (κ1) is 12.9. The van der Waals surface area contributed by atoms with Crippen molar-refractivity contribution in [3.05, 3.63) is 24.3 Å². The molecule has 1 rings (SSSR count). The first-order valence-electron chi connectivity index (χ1n) is 4.96. The summed E-state index contributed by atoms with van der Waals surface area (Å²) in [6.07, 6.45) is 2.00. The lowest BCUT2D eigenvalue weighted by Gasteiger charge is -2.19. The average molecular weight is 240 g/mol. The smallest absolute Gasteiger partial charge is 0.312 e. The van der Waals surface area contributed by atoms with Crippen molar-refractivity contribution in [1.82, 2.24) is 0 Å². The van der Waals surface area contributed by atoms with Gasteiger partial charge in [0, 0.05) is 4.90 Å². The minimum Gasteiger partial charge on any atom is -0.492 e. The molecule has 1 aromatic carbocycles. The molecule has 0 aliphatic rings. The second kappa shape index (κ2) is 5.25. The Kier molecular flexibility index (Phi) is 4.24. The number of carboxylic acids is 1. The highest BCUT2D eigenvalue weighted by Gasteiger charge is 2.28. The van der Waals surface area contributed by atoms with Crippen LogP contribution in [-0.2, 0) is 4.79 Å². The molecule has 0 unspecified atom stereocenters. The van der Waals surface area contributed by atoms with E-state index in [1.54, 1.807) is 25.6 Å². The van der Waals surface area contributed by atoms with Crippen LogP contribution in [0.5, 0.6) is 5.75 Å². The van der Waals surface area contributed by atoms with E-state index in [2.05, 4.69) is 0 Å². The third-order valence-corrected chi connectivity index (χ3v) is 2.98. The van der Waals surface area contributed by atoms with Gasteiger partial charge in [0.1, 0.15) is 12.4 Å². The van der Waals surface area contributed by atoms with Crippen LogP contribution in [0, 0.1) is 5.41 Å². The van der Waals surface area contributed by atoms with E-state index in [4.69, 9.17) is 9.84 Å². The molecule has 0 bridgehead atoms. The summed E-state index contributed by atoms with van der Waals surface area (Å²) in [5.41, 5.74) is -0.863. The van der Waals surface area contributed by atoms with Crippen LogP contribution in [-0.4, -0.2) is 23.9 Å². The van der Waals surface area contributed by atoms with Crippen LogP contribution in [0.15, 0.2) is 29.2 Å². The Hall–Kier alpha value is -1.16. The molecule has 0 radical (unpaired) electrons. The molecule has 0 amide bonds. The Morgan fingerprint density at radius 3 is 2.38 bits per heavy atom. The van der Waals surface area contributed by atoms with Gasteiger partial charge in [-0.15, -0.1) is 11.8 Å². The fraction of sp³-hybridized carbons (Fsp3) is 0.417. The monoisotopic (exact) mass is 240 g/mol. The largest absolute Gasteiger partial charge is 0.492 e. The van der Waals surface area contributed by atoms with E-state index >= 15 is 0 Å². The lowest BCUT2D eigenvalue weighted by molar-refractivity contribution is -0.148. The SMILES string of the molecule is CSc1ccc(OCC(C)(C)C(=O)O)cc1. The topological polar surface area (TPSA) is 46.5 Å². The average Bonchev–Trinajstić information content (AvgIpc) is 2.27. The molecular formula is C12H16O3S. The number of benzene rings is 1. The maximum absolute atomic E-state index is 10.9. The molecule has 1 aromatic rings. The lowest BCUT2D eigenvalue weighted by Crippen LogP contribution is -2.30. The van der Waals surface area contributed by atoms with Gasteiger partial charge in [-0.25, -0.2) is 0 Å². The minimum absolute atomic E-state index is 0.168. The van der Waals surface area contributed by atoms with Crippen molar-refractivity contribution in [2.75, 3.05) is 12.9 Å². The van der Waals surface area contributed by atoms with Crippen LogP contribution in [0.2, 0.25) is 0 Å². The summed E-state index contributed by atoms with van der Waals surface area (Å²) in [6, 6.07) is 7.61. The number of rotatable bonds is 5. The van der Waals surface area contributed by atoms with Crippen molar-refractivity contribution in [2.45, 2.75) is 18.7 Å². The number of carboxylic acid groups (broad SMARTS) is 1. The zero-order chi connectivity index (χ0) is 12.2. The van der Waals surface area contributed by atoms with Crippen LogP contribution in [0.1, 0.15) is 13.8 Å². The normalized spacial score (nSPS) is 11.2. The first-order chi connectivity index (χ1) is 7.45. The van der Waals surface area contributed by atoms with E-state index in [1.807, 2.05) is 30.5 Å². The number of ether oxygens (including phenoxy) is 1. The highest BCUT2D eigenvalue weighted by Crippen LogP contribution is 2.22. The van der Waals surface area contributed by atoms with Crippen molar-refractivity contribution < 1.29 is 14.6 Å². The summed E-state index contributed by atoms with van der Waals surface area (Å²) in [6.45, 7) is 3.46. The van der Waals surface area contributed by atoms with Crippen molar-refractivity contribution in [1.29, 1.82) is 0 Å². The van der Waals surface area contributed by atoms with Gasteiger partial charge in [-0.2, -0.15) is 0 Å². The van der Waals surface area contributed by atoms with Crippen molar-refractivity contribution in [2.24, 2.45) is 5.41 Å². The Balaban J connectivity index is 2.58. The molecule has 16 heavy (non-hydrogen) atoms. The summed E-state index contributed by atoms with van der Waals surface area (Å²) in [5, 5.41) is 8.92. The van der Waals surface area contributed by atoms with E-state index in [0.29, 0.717) is 5.75 Å². The van der Waals surface area contributed by atoms with E-state index in [0.717, 1.165) is 4.90 Å². The fourth-order valence-corrected chi connectivity index (χ4v) is 1.41. The maximum atomic E-state index is 10.9. The van der Waals surface area contributed by atoms with Gasteiger partial charge in [-0.3, -0.25) is 4.79 Å². The van der Waals surface area contributed by atoms with Crippen LogP contribution in [0.25, 0.3) is 0 Å². The molecule has 1 N–H and O–H groups in total. The molecule has 0 saturated heterocycles. The molecule has 3 nitrogen and oxygen atoms in total. The Bertz CT molecular complexity index is 357. The Morgan fingerprint density at radius 2 is 1.94 bits per heavy atom. The molecule has 0 saturated carbocycles. The number of carbonyl (C=O) groups is 1. The molecule has 0 atom stereocenters. The number of aliphatic carboxylic acids is 1. The molecule has 0 aliphatic heterocycles. The highest BCUT2D eigenvalue weighted by molar-refractivity contribution is 7.98. The summed E-state index contributed by atoms with van der Waals surface area (Å²) in [5.74, 6) is -0.152. The number of thioether (sulfide) groups is 1. The van der Waals surface area contributed by atoms with E-state index < -0.39 is 11.4 Å². The zero-order valence-electron chi connectivity index (χ0n) is 9.69. The summed E-state index contributed by atoms with van der Waals surface area (Å²) in [4.78, 5) is 12.0. The second-order valence-corrected chi connectivity index (χ2v) is 5.03. The van der Waals surface area contributed by atoms with E-state index in [9.17, 15) is 4.79 Å². The van der Waals surface area contributed by atoms with Gasteiger partial charge < -0.3 is 9.84 Å². The zero-order valence-corrected chi connectivity index (χ0v) is 10.5. The molecule has 0 fully saturated rings. The van der Waals surface area contributed by atoms with Crippen LogP contribution < -0.4 is 4.74 Å². The number of hydrogen-bond acceptors (Lipinski definition) is 3. The summed E-state index contributed by atoms with van der Waals surface area (Å²) < 4.78 is 5.44. The van der Waals surface area contributed by atoms with E-state index in [1.165, 1.54) is 0 Å². The summed E-state index contributed by atoms with van der Waals surface area (Å²) >= 11 is 1.66. The van der Waals surface area contributed by atoms with Crippen molar-refractivity contribution >= 4 is 17.7 Å². The first-order valence-corrected chi connectivity index (χ1v) is 6.18. The Morgan fingerprint density at radius 1 is 1.38 bits per heavy atom. The standard InChI is InChI=1S/C12H16O3S/c1-12(2,11(13)14)8-15-9-4-6-10(16-3)7-5-9/h4-7H,8H2,1-3H3,(H,13,14). The third kappa shape index (κ3) is 3.45. The van der Waals surface area contributed by atoms with E-state index in [-0.39, 0.29) is 6.61 Å². The molecule has 4 heteroatoms. The quantitative estimate of drug-likeness (QED) is 0.804. The maximum Gasteiger partial charge on any atom is 0.312 e. The van der Waals surface area contributed by atoms with Gasteiger partial charge in [-0.1, -0.05) is 0 Å². The molecule has 0 heterocycles. The van der Waals surface area contributed by atoms with Gasteiger partial charge in [-0.05, 0) is 44.4 Å². The fourth-order valence-electron chi connectivity index (χ4n) is 0.997. The molecular weight excluding hydrogens is 224 g/mol. The molecule has 0 spiro atoms. The van der Waals surface area contributed by atoms with Gasteiger partial charge in [0.15, 0.2) is 0 Å². The van der Waals surface area contributed by atoms with Crippen LogP contribution >= 0.6 is 11.8 Å². The van der Waals surface area contributed by atoms with Gasteiger partial charge in [0.25, 0.3) is 0 Å². The molecule has 0 aliphatic carbocycles. The van der Waals surface area contributed by atoms with Gasteiger partial charge in [0.2, 0.25) is 0 Å². The second-order valence-electron chi connectivity index (χ2n) is 4.15. The van der Waals surface area contributed by atoms with Gasteiger partial charge >= 0.3 is 5.97 Å². The van der Waals surface area contributed by atoms with Crippen molar-refractivity contribution in [3.63, 3.8) is 0 Å². The molecule has 88 valence electrons. The predicted molar refractivity (Wildman–Crippen MR) is 65.1 cm³/mol. The third-order valence-electron chi connectivity index (χ3n) is 2.24. The van der Waals surface area contributed by atoms with Gasteiger partial charge in [0.05, 0.1) is 5.41 Å². The molecule has 0 aromatic heterocycles. The highest BCUT2D eigenvalue weighted by atomic mass is 32.2. The number of hydrogen-bond donors (Lipinski definition) is 1. The predicted octanol–water partition coefficient (Wildman–Crippen LogP) is 2.90. The minimum atomic E-state index is -0.863. The van der Waals surface area contributed by atoms with Crippen LogP contribution in [0.4, 0.5) is 0 Å².